The van der Waals surface area contributed by atoms with Gasteiger partial charge in [-0.1, -0.05) is 38.1 Å². The number of Topliss-reactive ketones (excluding diaryl/α,β-unsaturated/α-hetero) is 1. The summed E-state index contributed by atoms with van der Waals surface area (Å²) in [6.45, 7) is 4.17. The van der Waals surface area contributed by atoms with Crippen LogP contribution < -0.4 is 9.47 Å². The normalized spacial score (nSPS) is 15.6. The van der Waals surface area contributed by atoms with Gasteiger partial charge < -0.3 is 9.47 Å². The van der Waals surface area contributed by atoms with Gasteiger partial charge in [0.2, 0.25) is 0 Å². The number of rotatable bonds is 6. The molecule has 148 valence electrons. The number of ether oxygens (including phenoxy) is 2. The van der Waals surface area contributed by atoms with Gasteiger partial charge in [-0.2, -0.15) is 0 Å². The summed E-state index contributed by atoms with van der Waals surface area (Å²) < 4.78 is 11.4. The van der Waals surface area contributed by atoms with E-state index in [1.54, 1.807) is 19.5 Å². The highest BCUT2D eigenvalue weighted by molar-refractivity contribution is 5.97. The highest BCUT2D eigenvalue weighted by Gasteiger charge is 2.26. The molecule has 3 aromatic rings. The SMILES string of the molecule is CCC1Oc2cnccc2-c2ccc(C(=O)C[C@H](C)c3cccc(OC)c3)cc21. The van der Waals surface area contributed by atoms with Crippen molar-refractivity contribution in [3.05, 3.63) is 77.6 Å². The summed E-state index contributed by atoms with van der Waals surface area (Å²) in [5.41, 5.74) is 5.07. The average Bonchev–Trinajstić information content (AvgIpc) is 2.78. The van der Waals surface area contributed by atoms with Crippen molar-refractivity contribution in [2.45, 2.75) is 38.7 Å². The monoisotopic (exact) mass is 387 g/mol. The van der Waals surface area contributed by atoms with Gasteiger partial charge in [0.1, 0.15) is 17.6 Å². The van der Waals surface area contributed by atoms with Crippen molar-refractivity contribution in [3.8, 4) is 22.6 Å². The van der Waals surface area contributed by atoms with Crippen molar-refractivity contribution in [1.29, 1.82) is 0 Å². The molecule has 0 radical (unpaired) electrons. The fourth-order valence-electron chi connectivity index (χ4n) is 3.93. The Labute approximate surface area is 171 Å². The number of pyridine rings is 1. The highest BCUT2D eigenvalue weighted by Crippen LogP contribution is 2.43. The third-order valence-corrected chi connectivity index (χ3v) is 5.59. The molecule has 0 N–H and O–H groups in total. The third kappa shape index (κ3) is 3.75. The zero-order valence-corrected chi connectivity index (χ0v) is 17.0. The van der Waals surface area contributed by atoms with E-state index in [1.165, 1.54) is 0 Å². The van der Waals surface area contributed by atoms with E-state index < -0.39 is 0 Å². The second kappa shape index (κ2) is 8.08. The second-order valence-electron chi connectivity index (χ2n) is 7.49. The summed E-state index contributed by atoms with van der Waals surface area (Å²) in [6.07, 6.45) is 4.75. The molecule has 0 spiro atoms. The van der Waals surface area contributed by atoms with Crippen molar-refractivity contribution < 1.29 is 14.3 Å². The molecule has 2 heterocycles. The largest absolute Gasteiger partial charge is 0.497 e. The number of ketones is 1. The first-order valence-corrected chi connectivity index (χ1v) is 10.0. The highest BCUT2D eigenvalue weighted by atomic mass is 16.5. The first-order chi connectivity index (χ1) is 14.1. The van der Waals surface area contributed by atoms with Crippen LogP contribution in [0.25, 0.3) is 11.1 Å². The zero-order valence-electron chi connectivity index (χ0n) is 17.0. The lowest BCUT2D eigenvalue weighted by molar-refractivity contribution is 0.0975. The molecule has 1 aliphatic heterocycles. The minimum atomic E-state index is -0.0646. The van der Waals surface area contributed by atoms with E-state index >= 15 is 0 Å². The van der Waals surface area contributed by atoms with Crippen molar-refractivity contribution in [1.82, 2.24) is 4.98 Å². The molecule has 0 fully saturated rings. The summed E-state index contributed by atoms with van der Waals surface area (Å²) in [5.74, 6) is 1.86. The van der Waals surface area contributed by atoms with Crippen molar-refractivity contribution in [2.24, 2.45) is 0 Å². The van der Waals surface area contributed by atoms with Gasteiger partial charge >= 0.3 is 0 Å². The van der Waals surface area contributed by atoms with Crippen molar-refractivity contribution >= 4 is 5.78 Å². The van der Waals surface area contributed by atoms with E-state index in [9.17, 15) is 4.79 Å². The standard InChI is InChI=1S/C25H25NO3/c1-4-24-22-14-18(8-9-20(22)21-10-11-26-15-25(21)29-24)23(27)12-16(2)17-6-5-7-19(13-17)28-3/h5-11,13-16,24H,4,12H2,1-3H3/t16-,24?/m0/s1. The molecule has 0 bridgehead atoms. The minimum Gasteiger partial charge on any atom is -0.497 e. The lowest BCUT2D eigenvalue weighted by Gasteiger charge is -2.28. The van der Waals surface area contributed by atoms with Gasteiger partial charge in [0.15, 0.2) is 5.78 Å². The maximum absolute atomic E-state index is 13.0. The van der Waals surface area contributed by atoms with Gasteiger partial charge in [-0.3, -0.25) is 9.78 Å². The Morgan fingerprint density at radius 1 is 1.17 bits per heavy atom. The van der Waals surface area contributed by atoms with Gasteiger partial charge in [-0.05, 0) is 47.7 Å². The lowest BCUT2D eigenvalue weighted by atomic mass is 9.88. The molecule has 0 saturated heterocycles. The summed E-state index contributed by atoms with van der Waals surface area (Å²) >= 11 is 0. The van der Waals surface area contributed by atoms with Gasteiger partial charge in [0.05, 0.1) is 13.3 Å². The maximum atomic E-state index is 13.0. The molecule has 2 atom stereocenters. The Morgan fingerprint density at radius 3 is 2.83 bits per heavy atom. The van der Waals surface area contributed by atoms with Crippen LogP contribution in [0.4, 0.5) is 0 Å². The van der Waals surface area contributed by atoms with Crippen LogP contribution in [0.2, 0.25) is 0 Å². The van der Waals surface area contributed by atoms with E-state index in [0.29, 0.717) is 6.42 Å². The van der Waals surface area contributed by atoms with Crippen LogP contribution in [0.5, 0.6) is 11.5 Å². The third-order valence-electron chi connectivity index (χ3n) is 5.59. The Morgan fingerprint density at radius 2 is 2.03 bits per heavy atom. The number of nitrogens with zero attached hydrogens (tertiary/aromatic N) is 1. The molecule has 4 rings (SSSR count). The second-order valence-corrected chi connectivity index (χ2v) is 7.49. The molecule has 4 nitrogen and oxygen atoms in total. The van der Waals surface area contributed by atoms with Gasteiger partial charge in [-0.25, -0.2) is 0 Å². The van der Waals surface area contributed by atoms with Crippen LogP contribution in [0.1, 0.15) is 60.2 Å². The molecule has 1 unspecified atom stereocenters. The topological polar surface area (TPSA) is 48.4 Å². The summed E-state index contributed by atoms with van der Waals surface area (Å²) in [6, 6.07) is 15.9. The van der Waals surface area contributed by atoms with Crippen LogP contribution in [0.3, 0.4) is 0 Å². The van der Waals surface area contributed by atoms with E-state index in [-0.39, 0.29) is 17.8 Å². The quantitative estimate of drug-likeness (QED) is 0.488. The number of hydrogen-bond acceptors (Lipinski definition) is 4. The van der Waals surface area contributed by atoms with E-state index in [2.05, 4.69) is 18.8 Å². The zero-order chi connectivity index (χ0) is 20.4. The molecule has 2 aromatic carbocycles. The molecule has 1 aliphatic rings. The van der Waals surface area contributed by atoms with Crippen molar-refractivity contribution in [2.75, 3.05) is 7.11 Å². The Kier molecular flexibility index (Phi) is 5.34. The molecular weight excluding hydrogens is 362 g/mol. The van der Waals surface area contributed by atoms with E-state index in [4.69, 9.17) is 9.47 Å². The number of hydrogen-bond donors (Lipinski definition) is 0. The lowest BCUT2D eigenvalue weighted by Crippen LogP contribution is -2.15. The number of methoxy groups -OCH3 is 1. The van der Waals surface area contributed by atoms with Crippen LogP contribution in [0, 0.1) is 0 Å². The fraction of sp³-hybridized carbons (Fsp3) is 0.280. The predicted molar refractivity (Wildman–Crippen MR) is 114 cm³/mol. The van der Waals surface area contributed by atoms with E-state index in [0.717, 1.165) is 45.7 Å². The Bertz CT molecular complexity index is 1040. The van der Waals surface area contributed by atoms with E-state index in [1.807, 2.05) is 48.5 Å². The molecule has 0 aliphatic carbocycles. The fourth-order valence-corrected chi connectivity index (χ4v) is 3.93. The van der Waals surface area contributed by atoms with Crippen molar-refractivity contribution in [3.63, 3.8) is 0 Å². The molecule has 1 aromatic heterocycles. The maximum Gasteiger partial charge on any atom is 0.163 e. The minimum absolute atomic E-state index is 0.0646. The van der Waals surface area contributed by atoms with Crippen LogP contribution in [-0.2, 0) is 0 Å². The average molecular weight is 387 g/mol. The molecule has 0 saturated carbocycles. The van der Waals surface area contributed by atoms with Crippen LogP contribution >= 0.6 is 0 Å². The first kappa shape index (κ1) is 19.2. The number of aromatic nitrogens is 1. The van der Waals surface area contributed by atoms with Crippen LogP contribution in [0.15, 0.2) is 60.9 Å². The molecule has 29 heavy (non-hydrogen) atoms. The number of carbonyl (C=O) groups is 1. The predicted octanol–water partition coefficient (Wildman–Crippen LogP) is 5.98. The smallest absolute Gasteiger partial charge is 0.163 e. The summed E-state index contributed by atoms with van der Waals surface area (Å²) in [5, 5.41) is 0. The Hall–Kier alpha value is -3.14. The van der Waals surface area contributed by atoms with Crippen LogP contribution in [-0.4, -0.2) is 17.9 Å². The summed E-state index contributed by atoms with van der Waals surface area (Å²) in [4.78, 5) is 17.2. The number of benzene rings is 2. The molecule has 4 heteroatoms. The first-order valence-electron chi connectivity index (χ1n) is 10.0. The van der Waals surface area contributed by atoms with Gasteiger partial charge in [0.25, 0.3) is 0 Å². The number of fused-ring (bicyclic) bond motifs is 3. The Balaban J connectivity index is 1.60. The molecule has 0 amide bonds. The van der Waals surface area contributed by atoms with Gasteiger partial charge in [-0.15, -0.1) is 0 Å². The molecular formula is C25H25NO3. The number of carbonyl (C=O) groups excluding carboxylic acids is 1. The summed E-state index contributed by atoms with van der Waals surface area (Å²) in [7, 11) is 1.66. The van der Waals surface area contributed by atoms with Gasteiger partial charge in [0, 0.05) is 29.3 Å².